The molecule has 2 aromatic carbocycles. The Morgan fingerprint density at radius 1 is 0.917 bits per heavy atom. The van der Waals surface area contributed by atoms with Crippen LogP contribution in [0.25, 0.3) is 11.5 Å². The van der Waals surface area contributed by atoms with Gasteiger partial charge in [-0.1, -0.05) is 30.3 Å². The first-order chi connectivity index (χ1) is 17.6. The Balaban J connectivity index is 1.22. The number of nitrogens with zero attached hydrogens (tertiary/aromatic N) is 4. The van der Waals surface area contributed by atoms with E-state index < -0.39 is 0 Å². The second kappa shape index (κ2) is 10.4. The molecular weight excluding hydrogens is 454 g/mol. The molecule has 1 saturated heterocycles. The summed E-state index contributed by atoms with van der Waals surface area (Å²) in [4.78, 5) is 38.6. The van der Waals surface area contributed by atoms with Crippen LogP contribution in [-0.2, 0) is 11.2 Å². The standard InChI is InChI=1S/C28H27N5O3/c1-20-24(31-28(36-20)21-7-3-2-4-8-21)19-26(34)33-17-15-32(16-18-33)25-10-6-5-9-23(25)27(35)30-22-11-13-29-14-12-22/h2-14H,15-19H2,1H3,(H,29,30,35). The highest BCUT2D eigenvalue weighted by molar-refractivity contribution is 6.08. The lowest BCUT2D eigenvalue weighted by molar-refractivity contribution is -0.130. The molecule has 1 N–H and O–H groups in total. The zero-order valence-electron chi connectivity index (χ0n) is 20.1. The van der Waals surface area contributed by atoms with Crippen molar-refractivity contribution < 1.29 is 14.0 Å². The zero-order chi connectivity index (χ0) is 24.9. The average Bonchev–Trinajstić information content (AvgIpc) is 3.29. The molecule has 0 spiro atoms. The number of hydrogen-bond donors (Lipinski definition) is 1. The van der Waals surface area contributed by atoms with Crippen LogP contribution in [0.2, 0.25) is 0 Å². The van der Waals surface area contributed by atoms with Gasteiger partial charge in [-0.15, -0.1) is 0 Å². The van der Waals surface area contributed by atoms with Crippen LogP contribution >= 0.6 is 0 Å². The van der Waals surface area contributed by atoms with E-state index in [1.54, 1.807) is 24.5 Å². The molecule has 1 fully saturated rings. The van der Waals surface area contributed by atoms with Crippen molar-refractivity contribution in [2.24, 2.45) is 0 Å². The summed E-state index contributed by atoms with van der Waals surface area (Å²) < 4.78 is 5.81. The molecule has 0 bridgehead atoms. The van der Waals surface area contributed by atoms with Gasteiger partial charge in [0.25, 0.3) is 5.91 Å². The number of hydrogen-bond acceptors (Lipinski definition) is 6. The van der Waals surface area contributed by atoms with E-state index in [2.05, 4.69) is 20.2 Å². The topological polar surface area (TPSA) is 91.6 Å². The van der Waals surface area contributed by atoms with Crippen LogP contribution in [0.1, 0.15) is 21.8 Å². The number of rotatable bonds is 6. The van der Waals surface area contributed by atoms with Crippen molar-refractivity contribution in [1.82, 2.24) is 14.9 Å². The molecule has 36 heavy (non-hydrogen) atoms. The van der Waals surface area contributed by atoms with E-state index in [9.17, 15) is 9.59 Å². The normalized spacial score (nSPS) is 13.5. The minimum atomic E-state index is -0.175. The number of aryl methyl sites for hydroxylation is 1. The lowest BCUT2D eigenvalue weighted by Crippen LogP contribution is -2.49. The number of amides is 2. The summed E-state index contributed by atoms with van der Waals surface area (Å²) in [6, 6.07) is 20.7. The number of benzene rings is 2. The number of nitrogens with one attached hydrogen (secondary N) is 1. The van der Waals surface area contributed by atoms with Gasteiger partial charge in [-0.2, -0.15) is 0 Å². The maximum Gasteiger partial charge on any atom is 0.257 e. The van der Waals surface area contributed by atoms with Gasteiger partial charge in [0, 0.05) is 55.5 Å². The lowest BCUT2D eigenvalue weighted by Gasteiger charge is -2.36. The van der Waals surface area contributed by atoms with Crippen LogP contribution in [-0.4, -0.2) is 52.9 Å². The maximum atomic E-state index is 13.0. The van der Waals surface area contributed by atoms with Gasteiger partial charge in [0.15, 0.2) is 0 Å². The lowest BCUT2D eigenvalue weighted by atomic mass is 10.1. The zero-order valence-corrected chi connectivity index (χ0v) is 20.1. The molecule has 1 aliphatic rings. The SMILES string of the molecule is Cc1oc(-c2ccccc2)nc1CC(=O)N1CCN(c2ccccc2C(=O)Nc2ccncc2)CC1. The van der Waals surface area contributed by atoms with Crippen molar-refractivity contribution in [3.63, 3.8) is 0 Å². The molecule has 3 heterocycles. The average molecular weight is 482 g/mol. The minimum absolute atomic E-state index is 0.0226. The third kappa shape index (κ3) is 5.12. The number of anilines is 2. The van der Waals surface area contributed by atoms with E-state index in [-0.39, 0.29) is 18.2 Å². The van der Waals surface area contributed by atoms with Crippen molar-refractivity contribution in [1.29, 1.82) is 0 Å². The molecule has 8 nitrogen and oxygen atoms in total. The number of aromatic nitrogens is 2. The van der Waals surface area contributed by atoms with Crippen molar-refractivity contribution in [2.75, 3.05) is 36.4 Å². The quantitative estimate of drug-likeness (QED) is 0.444. The van der Waals surface area contributed by atoms with E-state index >= 15 is 0 Å². The first-order valence-electron chi connectivity index (χ1n) is 11.9. The molecular formula is C28H27N5O3. The van der Waals surface area contributed by atoms with E-state index in [0.717, 1.165) is 11.3 Å². The maximum absolute atomic E-state index is 13.0. The summed E-state index contributed by atoms with van der Waals surface area (Å²) in [6.07, 6.45) is 3.48. The Kier molecular flexibility index (Phi) is 6.75. The summed E-state index contributed by atoms with van der Waals surface area (Å²) in [5.74, 6) is 1.04. The Hall–Kier alpha value is -4.46. The molecule has 0 radical (unpaired) electrons. The monoisotopic (exact) mass is 481 g/mol. The van der Waals surface area contributed by atoms with Crippen LogP contribution in [0.5, 0.6) is 0 Å². The Labute approximate surface area is 209 Å². The number of carbonyl (C=O) groups is 2. The van der Waals surface area contributed by atoms with Gasteiger partial charge in [-0.05, 0) is 43.3 Å². The van der Waals surface area contributed by atoms with E-state index in [0.29, 0.717) is 54.8 Å². The molecule has 0 unspecified atom stereocenters. The second-order valence-corrected chi connectivity index (χ2v) is 8.64. The van der Waals surface area contributed by atoms with E-state index in [4.69, 9.17) is 4.42 Å². The van der Waals surface area contributed by atoms with Crippen molar-refractivity contribution >= 4 is 23.2 Å². The third-order valence-electron chi connectivity index (χ3n) is 6.29. The molecule has 8 heteroatoms. The highest BCUT2D eigenvalue weighted by atomic mass is 16.4. The summed E-state index contributed by atoms with van der Waals surface area (Å²) in [5, 5.41) is 2.93. The molecule has 5 rings (SSSR count). The number of piperazine rings is 1. The van der Waals surface area contributed by atoms with Crippen LogP contribution in [0, 0.1) is 6.92 Å². The summed E-state index contributed by atoms with van der Waals surface area (Å²) in [6.45, 7) is 4.26. The van der Waals surface area contributed by atoms with Gasteiger partial charge >= 0.3 is 0 Å². The third-order valence-corrected chi connectivity index (χ3v) is 6.29. The van der Waals surface area contributed by atoms with Crippen LogP contribution in [0.4, 0.5) is 11.4 Å². The highest BCUT2D eigenvalue weighted by Crippen LogP contribution is 2.25. The van der Waals surface area contributed by atoms with Gasteiger partial charge in [0.05, 0.1) is 17.7 Å². The summed E-state index contributed by atoms with van der Waals surface area (Å²) in [5.41, 5.74) is 3.70. The van der Waals surface area contributed by atoms with Gasteiger partial charge in [-0.3, -0.25) is 14.6 Å². The number of pyridine rings is 1. The fraction of sp³-hybridized carbons (Fsp3) is 0.214. The molecule has 0 aliphatic carbocycles. The smallest absolute Gasteiger partial charge is 0.257 e. The Morgan fingerprint density at radius 3 is 2.36 bits per heavy atom. The Morgan fingerprint density at radius 2 is 1.61 bits per heavy atom. The fourth-order valence-corrected chi connectivity index (χ4v) is 4.32. The van der Waals surface area contributed by atoms with Crippen molar-refractivity contribution in [2.45, 2.75) is 13.3 Å². The highest BCUT2D eigenvalue weighted by Gasteiger charge is 2.25. The first-order valence-corrected chi connectivity index (χ1v) is 11.9. The molecule has 2 aromatic heterocycles. The van der Waals surface area contributed by atoms with E-state index in [1.165, 1.54) is 0 Å². The molecule has 182 valence electrons. The van der Waals surface area contributed by atoms with Crippen LogP contribution in [0.3, 0.4) is 0 Å². The number of para-hydroxylation sites is 1. The molecule has 0 atom stereocenters. The first kappa shape index (κ1) is 23.3. The van der Waals surface area contributed by atoms with Crippen molar-refractivity contribution in [3.8, 4) is 11.5 Å². The van der Waals surface area contributed by atoms with Gasteiger partial charge in [0.1, 0.15) is 5.76 Å². The van der Waals surface area contributed by atoms with Gasteiger partial charge in [0.2, 0.25) is 11.8 Å². The number of oxazole rings is 1. The summed E-state index contributed by atoms with van der Waals surface area (Å²) in [7, 11) is 0. The van der Waals surface area contributed by atoms with Gasteiger partial charge in [-0.25, -0.2) is 4.98 Å². The van der Waals surface area contributed by atoms with E-state index in [1.807, 2.05) is 66.4 Å². The molecule has 4 aromatic rings. The number of carbonyl (C=O) groups excluding carboxylic acids is 2. The predicted molar refractivity (Wildman–Crippen MR) is 138 cm³/mol. The van der Waals surface area contributed by atoms with Gasteiger partial charge < -0.3 is 19.5 Å². The molecule has 0 saturated carbocycles. The van der Waals surface area contributed by atoms with Crippen LogP contribution in [0.15, 0.2) is 83.5 Å². The molecule has 1 aliphatic heterocycles. The van der Waals surface area contributed by atoms with Crippen molar-refractivity contribution in [3.05, 3.63) is 96.1 Å². The fourth-order valence-electron chi connectivity index (χ4n) is 4.32. The molecule has 2 amide bonds. The predicted octanol–water partition coefficient (Wildman–Crippen LogP) is 4.19. The largest absolute Gasteiger partial charge is 0.441 e. The second-order valence-electron chi connectivity index (χ2n) is 8.64. The van der Waals surface area contributed by atoms with Crippen LogP contribution < -0.4 is 10.2 Å². The Bertz CT molecular complexity index is 1350. The summed E-state index contributed by atoms with van der Waals surface area (Å²) >= 11 is 0. The minimum Gasteiger partial charge on any atom is -0.441 e.